The van der Waals surface area contributed by atoms with E-state index >= 15 is 4.32 Å². The van der Waals surface area contributed by atoms with Gasteiger partial charge in [0.05, 0.1) is 16.8 Å². The molecular weight excluding hydrogens is 534 g/mol. The second-order valence-electron chi connectivity index (χ2n) is 10.5. The van der Waals surface area contributed by atoms with Crippen molar-refractivity contribution >= 4 is 35.5 Å². The zero-order valence-corrected chi connectivity index (χ0v) is 23.5. The molecule has 0 atom stereocenters. The summed E-state index contributed by atoms with van der Waals surface area (Å²) < 4.78 is 21.5. The lowest BCUT2D eigenvalue weighted by Crippen LogP contribution is -2.41. The molecule has 2 aliphatic heterocycles. The Morgan fingerprint density at radius 1 is 0.619 bits per heavy atom. The molecule has 0 fully saturated rings. The summed E-state index contributed by atoms with van der Waals surface area (Å²) in [5.41, 5.74) is 10.7. The molecule has 4 aromatic carbocycles. The predicted octanol–water partition coefficient (Wildman–Crippen LogP) is 9.06. The van der Waals surface area contributed by atoms with Gasteiger partial charge in [-0.15, -0.1) is 11.3 Å². The summed E-state index contributed by atoms with van der Waals surface area (Å²) in [6.45, 7) is 0. The van der Waals surface area contributed by atoms with Crippen molar-refractivity contribution in [3.63, 3.8) is 0 Å². The molecule has 0 unspecified atom stereocenters. The lowest BCUT2D eigenvalue weighted by Gasteiger charge is -2.23. The highest BCUT2D eigenvalue weighted by molar-refractivity contribution is 7.11. The summed E-state index contributed by atoms with van der Waals surface area (Å²) in [6, 6.07) is 47.4. The average Bonchev–Trinajstić information content (AvgIpc) is 3.82. The monoisotopic (exact) mass is 559 g/mol. The van der Waals surface area contributed by atoms with Crippen LogP contribution in [0.4, 0.5) is 4.32 Å². The van der Waals surface area contributed by atoms with Gasteiger partial charge in [-0.3, -0.25) is 4.48 Å². The number of halogens is 1. The van der Waals surface area contributed by atoms with E-state index in [-0.39, 0.29) is 0 Å². The van der Waals surface area contributed by atoms with Gasteiger partial charge in [-0.1, -0.05) is 115 Å². The Bertz CT molecular complexity index is 2010. The van der Waals surface area contributed by atoms with Crippen molar-refractivity contribution < 1.29 is 8.80 Å². The minimum atomic E-state index is -1.46. The number of nitrogens with zero attached hydrogens (tertiary/aromatic N) is 2. The van der Waals surface area contributed by atoms with E-state index in [0.717, 1.165) is 66.6 Å². The molecule has 0 aliphatic carbocycles. The Hall–Kier alpha value is -5.00. The Balaban J connectivity index is 1.54. The van der Waals surface area contributed by atoms with Crippen molar-refractivity contribution in [1.82, 2.24) is 4.48 Å². The molecule has 0 saturated carbocycles. The quantitative estimate of drug-likeness (QED) is 0.186. The largest absolute Gasteiger partial charge is 0.847 e. The van der Waals surface area contributed by atoms with Gasteiger partial charge in [0.15, 0.2) is 5.71 Å². The molecule has 0 bridgehead atoms. The summed E-state index contributed by atoms with van der Waals surface area (Å²) >= 11 is 1.69. The first-order valence-corrected chi connectivity index (χ1v) is 15.0. The second-order valence-corrected chi connectivity index (χ2v) is 11.4. The fourth-order valence-electron chi connectivity index (χ4n) is 6.22. The third kappa shape index (κ3) is 3.89. The average molecular weight is 559 g/mol. The summed E-state index contributed by atoms with van der Waals surface area (Å²) in [6.07, 6.45) is 2.16. The molecule has 4 heterocycles. The van der Waals surface area contributed by atoms with Crippen LogP contribution >= 0.6 is 11.3 Å². The van der Waals surface area contributed by atoms with Gasteiger partial charge in [0, 0.05) is 27.8 Å². The minimum Gasteiger partial charge on any atom is -0.285 e. The predicted molar refractivity (Wildman–Crippen MR) is 173 cm³/mol. The van der Waals surface area contributed by atoms with Crippen LogP contribution in [0.5, 0.6) is 0 Å². The number of hydrogen-bond acceptors (Lipinski definition) is 1. The van der Waals surface area contributed by atoms with E-state index in [1.807, 2.05) is 81.8 Å². The van der Waals surface area contributed by atoms with Crippen LogP contribution in [0, 0.1) is 0 Å². The number of fused-ring (bicyclic) bond motifs is 2. The minimum absolute atomic E-state index is 0.852. The maximum absolute atomic E-state index is 17.7. The number of allylic oxidation sites excluding steroid dienone is 2. The number of hydrogen-bond donors (Lipinski definition) is 0. The second kappa shape index (κ2) is 10.1. The zero-order chi connectivity index (χ0) is 28.0. The zero-order valence-electron chi connectivity index (χ0n) is 22.7. The van der Waals surface area contributed by atoms with E-state index in [1.165, 1.54) is 0 Å². The van der Waals surface area contributed by atoms with Crippen molar-refractivity contribution in [3.05, 3.63) is 178 Å². The summed E-state index contributed by atoms with van der Waals surface area (Å²) in [5.74, 6) is 0. The topological polar surface area (TPSA) is 7.94 Å². The first kappa shape index (κ1) is 24.8. The first-order chi connectivity index (χ1) is 20.8. The lowest BCUT2D eigenvalue weighted by atomic mass is 9.86. The Morgan fingerprint density at radius 2 is 1.19 bits per heavy atom. The highest BCUT2D eigenvalue weighted by Crippen LogP contribution is 2.48. The highest BCUT2D eigenvalue weighted by atomic mass is 32.1. The van der Waals surface area contributed by atoms with Gasteiger partial charge < -0.3 is 0 Å². The third-order valence-electron chi connectivity index (χ3n) is 8.05. The summed E-state index contributed by atoms with van der Waals surface area (Å²) in [7, 11) is -1.46. The van der Waals surface area contributed by atoms with E-state index in [0.29, 0.717) is 0 Å². The van der Waals surface area contributed by atoms with Crippen LogP contribution in [-0.2, 0) is 0 Å². The van der Waals surface area contributed by atoms with Crippen molar-refractivity contribution in [1.29, 1.82) is 0 Å². The third-order valence-corrected chi connectivity index (χ3v) is 8.94. The molecule has 6 aromatic rings. The van der Waals surface area contributed by atoms with Crippen molar-refractivity contribution in [2.24, 2.45) is 0 Å². The van der Waals surface area contributed by atoms with E-state index in [9.17, 15) is 0 Å². The van der Waals surface area contributed by atoms with Crippen LogP contribution in [0.2, 0.25) is 0 Å². The molecular formula is C37H25BFN2S+. The molecule has 0 radical (unpaired) electrons. The maximum Gasteiger partial charge on any atom is 0.847 e. The standard InChI is InChI=1S/C37H25BFN2S/c39-38-40-32(28-18-9-3-10-19-28)24-30(26-14-5-1-6-15-26)36(40)35(34-22-13-23-42-34)37-31(27-16-7-2-8-17-27)25-33(41(37)38)29-20-11-4-12-21-29/h1-25H/q+1. The van der Waals surface area contributed by atoms with E-state index < -0.39 is 7.26 Å². The first-order valence-electron chi connectivity index (χ1n) is 14.1. The molecule has 0 saturated heterocycles. The van der Waals surface area contributed by atoms with Crippen LogP contribution in [-0.4, -0.2) is 21.9 Å². The molecule has 0 amide bonds. The molecule has 2 aliphatic rings. The van der Waals surface area contributed by atoms with Crippen LogP contribution in [0.1, 0.15) is 21.7 Å². The highest BCUT2D eigenvalue weighted by Gasteiger charge is 2.54. The molecule has 2 nitrogen and oxygen atoms in total. The molecule has 42 heavy (non-hydrogen) atoms. The fraction of sp³-hybridized carbons (Fsp3) is 0. The van der Waals surface area contributed by atoms with E-state index in [2.05, 4.69) is 78.2 Å². The molecule has 5 heteroatoms. The van der Waals surface area contributed by atoms with Gasteiger partial charge >= 0.3 is 7.26 Å². The SMILES string of the molecule is FB1n2c(-c3ccccc3)cc(-c3ccccc3)c2C(c2cccs2)=C2C(c3ccccc3)=CC(c3ccccc3)=[N+]12. The van der Waals surface area contributed by atoms with Gasteiger partial charge in [-0.25, -0.2) is 8.80 Å². The Morgan fingerprint density at radius 3 is 1.79 bits per heavy atom. The Labute approximate surface area is 248 Å². The molecule has 0 spiro atoms. The summed E-state index contributed by atoms with van der Waals surface area (Å²) in [5, 5.41) is 2.10. The molecule has 198 valence electrons. The molecule has 2 aromatic heterocycles. The van der Waals surface area contributed by atoms with Crippen LogP contribution < -0.4 is 0 Å². The smallest absolute Gasteiger partial charge is 0.285 e. The summed E-state index contributed by atoms with van der Waals surface area (Å²) in [4.78, 5) is 1.11. The van der Waals surface area contributed by atoms with Gasteiger partial charge in [0.1, 0.15) is 0 Å². The number of benzene rings is 4. The van der Waals surface area contributed by atoms with Gasteiger partial charge in [-0.2, -0.15) is 0 Å². The van der Waals surface area contributed by atoms with Crippen molar-refractivity contribution in [3.8, 4) is 22.4 Å². The maximum atomic E-state index is 17.7. The van der Waals surface area contributed by atoms with Crippen molar-refractivity contribution in [2.75, 3.05) is 0 Å². The normalized spacial score (nSPS) is 14.2. The van der Waals surface area contributed by atoms with E-state index in [4.69, 9.17) is 0 Å². The lowest BCUT2D eigenvalue weighted by molar-refractivity contribution is -0.332. The molecule has 8 rings (SSSR count). The van der Waals surface area contributed by atoms with Crippen LogP contribution in [0.15, 0.2) is 157 Å². The fourth-order valence-corrected chi connectivity index (χ4v) is 6.99. The van der Waals surface area contributed by atoms with Gasteiger partial charge in [0.2, 0.25) is 5.70 Å². The Kier molecular flexibility index (Phi) is 5.97. The van der Waals surface area contributed by atoms with Gasteiger partial charge in [-0.05, 0) is 46.3 Å². The number of aromatic nitrogens is 1. The van der Waals surface area contributed by atoms with Crippen LogP contribution in [0.25, 0.3) is 33.5 Å². The number of thiophene rings is 1. The van der Waals surface area contributed by atoms with Crippen LogP contribution in [0.3, 0.4) is 0 Å². The van der Waals surface area contributed by atoms with E-state index in [1.54, 1.807) is 11.3 Å². The van der Waals surface area contributed by atoms with Crippen molar-refractivity contribution in [2.45, 2.75) is 0 Å². The number of rotatable bonds is 5. The van der Waals surface area contributed by atoms with Gasteiger partial charge in [0.25, 0.3) is 0 Å². The molecule has 0 N–H and O–H groups in total.